The Kier molecular flexibility index (Phi) is 6.44. The topological polar surface area (TPSA) is 81.9 Å². The van der Waals surface area contributed by atoms with Gasteiger partial charge in [0, 0.05) is 19.7 Å². The molecule has 0 heterocycles. The molecular weight excluding hydrogens is 292 g/mol. The second-order valence-corrected chi connectivity index (χ2v) is 6.66. The summed E-state index contributed by atoms with van der Waals surface area (Å²) in [7, 11) is -0.576. The van der Waals surface area contributed by atoms with Crippen LogP contribution in [0.4, 0.5) is 5.69 Å². The summed E-state index contributed by atoms with van der Waals surface area (Å²) in [5.41, 5.74) is 6.11. The maximum absolute atomic E-state index is 12.8. The van der Waals surface area contributed by atoms with Gasteiger partial charge in [-0.25, -0.2) is 8.42 Å². The van der Waals surface area contributed by atoms with Crippen molar-refractivity contribution in [2.75, 3.05) is 33.1 Å². The van der Waals surface area contributed by atoms with Crippen molar-refractivity contribution in [3.63, 3.8) is 0 Å². The Morgan fingerprint density at radius 2 is 2.00 bits per heavy atom. The number of nitrogens with zero attached hydrogens (tertiary/aromatic N) is 1. The minimum absolute atomic E-state index is 0.117. The van der Waals surface area contributed by atoms with Crippen LogP contribution in [0.5, 0.6) is 5.75 Å². The molecule has 1 rings (SSSR count). The van der Waals surface area contributed by atoms with Crippen LogP contribution in [0.3, 0.4) is 0 Å². The van der Waals surface area contributed by atoms with Crippen LogP contribution in [-0.2, 0) is 14.8 Å². The summed E-state index contributed by atoms with van der Waals surface area (Å²) < 4.78 is 37.0. The molecule has 0 bridgehead atoms. The summed E-state index contributed by atoms with van der Waals surface area (Å²) in [6.45, 7) is 4.47. The van der Waals surface area contributed by atoms with E-state index in [0.29, 0.717) is 31.0 Å². The van der Waals surface area contributed by atoms with Gasteiger partial charge in [0.25, 0.3) is 0 Å². The normalized spacial score (nSPS) is 13.4. The van der Waals surface area contributed by atoms with E-state index >= 15 is 0 Å². The highest BCUT2D eigenvalue weighted by Gasteiger charge is 2.28. The zero-order valence-corrected chi connectivity index (χ0v) is 13.8. The molecule has 2 N–H and O–H groups in total. The molecule has 21 heavy (non-hydrogen) atoms. The van der Waals surface area contributed by atoms with Crippen LogP contribution in [0.2, 0.25) is 0 Å². The molecule has 0 radical (unpaired) electrons. The first kappa shape index (κ1) is 17.7. The number of ether oxygens (including phenoxy) is 2. The SMILES string of the molecule is CCC(C)N(CCOC)S(=O)(=O)c1ccc(OC)c(N)c1. The van der Waals surface area contributed by atoms with E-state index in [0.717, 1.165) is 0 Å². The molecule has 1 aromatic rings. The first-order valence-electron chi connectivity index (χ1n) is 6.82. The van der Waals surface area contributed by atoms with Crippen LogP contribution >= 0.6 is 0 Å². The fourth-order valence-electron chi connectivity index (χ4n) is 1.97. The quantitative estimate of drug-likeness (QED) is 0.738. The van der Waals surface area contributed by atoms with Crippen LogP contribution in [-0.4, -0.2) is 46.1 Å². The summed E-state index contributed by atoms with van der Waals surface area (Å²) in [5, 5.41) is 0. The zero-order chi connectivity index (χ0) is 16.0. The van der Waals surface area contributed by atoms with Crippen LogP contribution in [0.15, 0.2) is 23.1 Å². The lowest BCUT2D eigenvalue weighted by molar-refractivity contribution is 0.167. The molecule has 1 aromatic carbocycles. The fourth-order valence-corrected chi connectivity index (χ4v) is 3.70. The van der Waals surface area contributed by atoms with E-state index in [1.807, 2.05) is 13.8 Å². The number of methoxy groups -OCH3 is 2. The lowest BCUT2D eigenvalue weighted by Gasteiger charge is -2.27. The Morgan fingerprint density at radius 1 is 1.33 bits per heavy atom. The van der Waals surface area contributed by atoms with Gasteiger partial charge in [-0.2, -0.15) is 4.31 Å². The van der Waals surface area contributed by atoms with Crippen LogP contribution < -0.4 is 10.5 Å². The van der Waals surface area contributed by atoms with Gasteiger partial charge in [0.15, 0.2) is 0 Å². The zero-order valence-electron chi connectivity index (χ0n) is 13.0. The predicted octanol–water partition coefficient (Wildman–Crippen LogP) is 1.71. The maximum atomic E-state index is 12.8. The molecule has 0 spiro atoms. The highest BCUT2D eigenvalue weighted by atomic mass is 32.2. The monoisotopic (exact) mass is 316 g/mol. The molecule has 120 valence electrons. The Balaban J connectivity index is 3.18. The third-order valence-corrected chi connectivity index (χ3v) is 5.42. The lowest BCUT2D eigenvalue weighted by Crippen LogP contribution is -2.40. The maximum Gasteiger partial charge on any atom is 0.243 e. The molecule has 0 aromatic heterocycles. The van der Waals surface area contributed by atoms with Crippen molar-refractivity contribution in [2.45, 2.75) is 31.2 Å². The first-order chi connectivity index (χ1) is 9.88. The molecule has 1 unspecified atom stereocenters. The minimum atomic E-state index is -3.61. The second-order valence-electron chi connectivity index (χ2n) is 4.77. The van der Waals surface area contributed by atoms with Crippen molar-refractivity contribution in [3.05, 3.63) is 18.2 Å². The highest BCUT2D eigenvalue weighted by Crippen LogP contribution is 2.27. The van der Waals surface area contributed by atoms with Crippen molar-refractivity contribution in [1.82, 2.24) is 4.31 Å². The van der Waals surface area contributed by atoms with Gasteiger partial charge in [0.05, 0.1) is 24.3 Å². The Morgan fingerprint density at radius 3 is 2.48 bits per heavy atom. The van der Waals surface area contributed by atoms with Gasteiger partial charge in [-0.05, 0) is 31.5 Å². The lowest BCUT2D eigenvalue weighted by atomic mass is 10.3. The van der Waals surface area contributed by atoms with Crippen molar-refractivity contribution < 1.29 is 17.9 Å². The molecule has 0 saturated carbocycles. The molecule has 0 saturated heterocycles. The van der Waals surface area contributed by atoms with Gasteiger partial charge in [-0.1, -0.05) is 6.92 Å². The van der Waals surface area contributed by atoms with Crippen LogP contribution in [0.1, 0.15) is 20.3 Å². The summed E-state index contributed by atoms with van der Waals surface area (Å²) >= 11 is 0. The molecule has 0 amide bonds. The van der Waals surface area contributed by atoms with Gasteiger partial charge in [-0.15, -0.1) is 0 Å². The molecule has 7 heteroatoms. The van der Waals surface area contributed by atoms with Gasteiger partial charge >= 0.3 is 0 Å². The van der Waals surface area contributed by atoms with Crippen molar-refractivity contribution in [3.8, 4) is 5.75 Å². The van der Waals surface area contributed by atoms with E-state index in [2.05, 4.69) is 0 Å². The molecule has 0 aliphatic heterocycles. The number of nitrogen functional groups attached to an aromatic ring is 1. The van der Waals surface area contributed by atoms with E-state index in [9.17, 15) is 8.42 Å². The predicted molar refractivity (Wildman–Crippen MR) is 82.9 cm³/mol. The summed E-state index contributed by atoms with van der Waals surface area (Å²) in [6, 6.07) is 4.38. The number of rotatable bonds is 8. The fraction of sp³-hybridized carbons (Fsp3) is 0.571. The Bertz CT molecular complexity index is 560. The number of anilines is 1. The van der Waals surface area contributed by atoms with Crippen LogP contribution in [0.25, 0.3) is 0 Å². The summed E-state index contributed by atoms with van der Waals surface area (Å²) in [4.78, 5) is 0.164. The third kappa shape index (κ3) is 4.09. The Labute approximate surface area is 126 Å². The van der Waals surface area contributed by atoms with E-state index < -0.39 is 10.0 Å². The number of hydrogen-bond donors (Lipinski definition) is 1. The van der Waals surface area contributed by atoms with Gasteiger partial charge in [0.2, 0.25) is 10.0 Å². The van der Waals surface area contributed by atoms with E-state index in [-0.39, 0.29) is 10.9 Å². The first-order valence-corrected chi connectivity index (χ1v) is 8.26. The number of nitrogens with two attached hydrogens (primary N) is 1. The third-order valence-electron chi connectivity index (χ3n) is 3.41. The number of sulfonamides is 1. The van der Waals surface area contributed by atoms with Crippen molar-refractivity contribution in [1.29, 1.82) is 0 Å². The molecule has 1 atom stereocenters. The molecular formula is C14H24N2O4S. The summed E-state index contributed by atoms with van der Waals surface area (Å²) in [6.07, 6.45) is 0.717. The van der Waals surface area contributed by atoms with Gasteiger partial charge < -0.3 is 15.2 Å². The van der Waals surface area contributed by atoms with E-state index in [4.69, 9.17) is 15.2 Å². The Hall–Kier alpha value is -1.31. The largest absolute Gasteiger partial charge is 0.495 e. The number of benzene rings is 1. The van der Waals surface area contributed by atoms with Gasteiger partial charge in [-0.3, -0.25) is 0 Å². The van der Waals surface area contributed by atoms with E-state index in [1.165, 1.54) is 23.5 Å². The van der Waals surface area contributed by atoms with Crippen LogP contribution in [0, 0.1) is 0 Å². The minimum Gasteiger partial charge on any atom is -0.495 e. The smallest absolute Gasteiger partial charge is 0.243 e. The molecule has 0 fully saturated rings. The highest BCUT2D eigenvalue weighted by molar-refractivity contribution is 7.89. The number of hydrogen-bond acceptors (Lipinski definition) is 5. The van der Waals surface area contributed by atoms with Crippen molar-refractivity contribution in [2.24, 2.45) is 0 Å². The van der Waals surface area contributed by atoms with Crippen molar-refractivity contribution >= 4 is 15.7 Å². The standard InChI is InChI=1S/C14H24N2O4S/c1-5-11(2)16(8-9-19-3)21(17,18)12-6-7-14(20-4)13(15)10-12/h6-7,10-11H,5,8-9,15H2,1-4H3. The molecule has 0 aliphatic rings. The summed E-state index contributed by atoms with van der Waals surface area (Å²) in [5.74, 6) is 0.459. The van der Waals surface area contributed by atoms with E-state index in [1.54, 1.807) is 13.2 Å². The average molecular weight is 316 g/mol. The second kappa shape index (κ2) is 7.63. The molecule has 0 aliphatic carbocycles. The molecule has 6 nitrogen and oxygen atoms in total. The average Bonchev–Trinajstić information content (AvgIpc) is 2.46. The van der Waals surface area contributed by atoms with Gasteiger partial charge in [0.1, 0.15) is 5.75 Å².